The maximum atomic E-state index is 13.5. The number of aliphatic imine (C=N–C) groups is 1. The summed E-state index contributed by atoms with van der Waals surface area (Å²) >= 11 is 0. The van der Waals surface area contributed by atoms with Gasteiger partial charge < -0.3 is 24.6 Å². The number of carbonyl (C=O) groups is 3. The molecule has 0 aromatic heterocycles. The minimum absolute atomic E-state index is 0.0505. The minimum atomic E-state index is -4.47. The standard InChI is InChI=1S/C25H24F3NO4.C21H19FO3.C3H5NO.CH2F2/c1-3-29-23(31)32-21-20(22(30)33-24(21)11-4-5-12-24)19-14-17(10-9-15(19)2)16-7-6-8-18(13-16)25(26,27)28;1-13-7-8-15(14-5-4-6-16(22)11-14)12-17(13)18-19(23)21(25-20(18)24)9-2-3-10-21;1-2-4-3-5;2-1-3/h6-10,13-14H,3-5,11-12H2,1-2H3,(H,29,31);4-8,11-12,23H,2-3,9-10H2,1H3;2H2,1H3;1H2. The second-order valence-corrected chi connectivity index (χ2v) is 15.8. The van der Waals surface area contributed by atoms with Crippen molar-refractivity contribution >= 4 is 35.3 Å². The largest absolute Gasteiger partial charge is 0.507 e. The molecular weight excluding hydrogens is 871 g/mol. The first-order valence-corrected chi connectivity index (χ1v) is 21.4. The molecule has 0 saturated heterocycles. The highest BCUT2D eigenvalue weighted by Gasteiger charge is 2.53. The second kappa shape index (κ2) is 22.0. The number of aliphatic hydroxyl groups is 1. The van der Waals surface area contributed by atoms with Gasteiger partial charge in [-0.3, -0.25) is 0 Å². The van der Waals surface area contributed by atoms with E-state index in [2.05, 4.69) is 10.3 Å². The number of nitrogens with one attached hydrogen (secondary N) is 1. The van der Waals surface area contributed by atoms with E-state index in [9.17, 15) is 45.8 Å². The highest BCUT2D eigenvalue weighted by molar-refractivity contribution is 6.21. The number of aliphatic hydroxyl groups excluding tert-OH is 1. The summed E-state index contributed by atoms with van der Waals surface area (Å²) in [5.41, 5.74) is 2.89. The third kappa shape index (κ3) is 11.4. The number of nitrogens with zero attached hydrogens (tertiary/aromatic N) is 1. The lowest BCUT2D eigenvalue weighted by atomic mass is 9.91. The Labute approximate surface area is 378 Å². The van der Waals surface area contributed by atoms with Gasteiger partial charge in [0.25, 0.3) is 0 Å². The van der Waals surface area contributed by atoms with Crippen molar-refractivity contribution in [2.75, 3.05) is 20.0 Å². The quantitative estimate of drug-likeness (QED) is 0.0614. The first kappa shape index (κ1) is 50.3. The number of aryl methyl sites for hydroxylation is 2. The van der Waals surface area contributed by atoms with Gasteiger partial charge in [0, 0.05) is 13.1 Å². The predicted octanol–water partition coefficient (Wildman–Crippen LogP) is 12.2. The van der Waals surface area contributed by atoms with Crippen molar-refractivity contribution in [2.24, 2.45) is 4.99 Å². The number of hydrogen-bond acceptors (Lipinski definition) is 9. The van der Waals surface area contributed by atoms with Crippen LogP contribution in [-0.2, 0) is 34.8 Å². The predicted molar refractivity (Wildman–Crippen MR) is 235 cm³/mol. The monoisotopic (exact) mass is 920 g/mol. The summed E-state index contributed by atoms with van der Waals surface area (Å²) < 4.78 is 89.4. The zero-order valence-electron chi connectivity index (χ0n) is 36.9. The Bertz CT molecular complexity index is 2530. The van der Waals surface area contributed by atoms with E-state index in [1.165, 1.54) is 24.3 Å². The summed E-state index contributed by atoms with van der Waals surface area (Å²) in [6, 6.07) is 22.0. The molecule has 0 atom stereocenters. The molecule has 2 heterocycles. The number of amides is 1. The fourth-order valence-corrected chi connectivity index (χ4v) is 8.39. The summed E-state index contributed by atoms with van der Waals surface area (Å²) in [5, 5.41) is 13.3. The summed E-state index contributed by atoms with van der Waals surface area (Å²) in [5.74, 6) is -1.15. The van der Waals surface area contributed by atoms with Crippen molar-refractivity contribution in [3.8, 4) is 22.3 Å². The molecule has 2 saturated carbocycles. The molecule has 2 aliphatic heterocycles. The van der Waals surface area contributed by atoms with Crippen LogP contribution in [0.25, 0.3) is 33.4 Å². The molecule has 0 radical (unpaired) electrons. The zero-order valence-corrected chi connectivity index (χ0v) is 36.9. The van der Waals surface area contributed by atoms with Crippen LogP contribution in [0.4, 0.5) is 31.1 Å². The van der Waals surface area contributed by atoms with E-state index >= 15 is 0 Å². The van der Waals surface area contributed by atoms with E-state index in [0.29, 0.717) is 66.6 Å². The third-order valence-corrected chi connectivity index (χ3v) is 11.5. The lowest BCUT2D eigenvalue weighted by Crippen LogP contribution is -2.33. The summed E-state index contributed by atoms with van der Waals surface area (Å²) in [7, 11) is 0. The van der Waals surface area contributed by atoms with Crippen LogP contribution in [-0.4, -0.2) is 60.4 Å². The molecule has 0 bridgehead atoms. The molecule has 0 unspecified atom stereocenters. The van der Waals surface area contributed by atoms with Crippen LogP contribution in [0.5, 0.6) is 0 Å². The molecule has 8 rings (SSSR count). The fourth-order valence-electron chi connectivity index (χ4n) is 8.39. The van der Waals surface area contributed by atoms with E-state index in [0.717, 1.165) is 54.5 Å². The Hall–Kier alpha value is -6.67. The molecule has 16 heteroatoms. The van der Waals surface area contributed by atoms with Crippen molar-refractivity contribution in [1.82, 2.24) is 5.32 Å². The van der Waals surface area contributed by atoms with E-state index < -0.39 is 47.9 Å². The number of carbonyl (C=O) groups excluding carboxylic acids is 4. The normalized spacial score (nSPS) is 16.6. The Morgan fingerprint density at radius 3 is 1.74 bits per heavy atom. The molecule has 2 fully saturated rings. The summed E-state index contributed by atoms with van der Waals surface area (Å²) in [6.45, 7) is 6.36. The molecular formula is C50H50F6N2O8. The number of benzene rings is 4. The lowest BCUT2D eigenvalue weighted by molar-refractivity contribution is -0.147. The molecule has 350 valence electrons. The van der Waals surface area contributed by atoms with Crippen LogP contribution >= 0.6 is 0 Å². The smallest absolute Gasteiger partial charge is 0.416 e. The number of alkyl halides is 5. The Morgan fingerprint density at radius 1 is 0.758 bits per heavy atom. The van der Waals surface area contributed by atoms with Crippen molar-refractivity contribution in [2.45, 2.75) is 96.4 Å². The summed E-state index contributed by atoms with van der Waals surface area (Å²) in [4.78, 5) is 50.1. The maximum absolute atomic E-state index is 13.5. The van der Waals surface area contributed by atoms with Crippen LogP contribution in [0.2, 0.25) is 0 Å². The molecule has 10 nitrogen and oxygen atoms in total. The maximum Gasteiger partial charge on any atom is 0.416 e. The van der Waals surface area contributed by atoms with Crippen molar-refractivity contribution in [1.29, 1.82) is 0 Å². The van der Waals surface area contributed by atoms with Gasteiger partial charge in [-0.05, 0) is 160 Å². The molecule has 2 spiro atoms. The Morgan fingerprint density at radius 2 is 1.24 bits per heavy atom. The topological polar surface area (TPSA) is 141 Å². The van der Waals surface area contributed by atoms with Gasteiger partial charge in [0.15, 0.2) is 22.7 Å². The van der Waals surface area contributed by atoms with Gasteiger partial charge in [0.05, 0.1) is 5.56 Å². The number of alkyl carbamates (subject to hydrolysis) is 1. The van der Waals surface area contributed by atoms with Gasteiger partial charge in [0.2, 0.25) is 13.0 Å². The average molecular weight is 921 g/mol. The Kier molecular flexibility index (Phi) is 16.8. The summed E-state index contributed by atoms with van der Waals surface area (Å²) in [6.07, 6.45) is 2.19. The van der Waals surface area contributed by atoms with Gasteiger partial charge in [0.1, 0.15) is 17.0 Å². The van der Waals surface area contributed by atoms with Crippen LogP contribution in [0.15, 0.2) is 101 Å². The van der Waals surface area contributed by atoms with E-state index in [-0.39, 0.29) is 28.5 Å². The molecule has 4 aliphatic rings. The van der Waals surface area contributed by atoms with Gasteiger partial charge in [-0.2, -0.15) is 13.2 Å². The molecule has 4 aromatic carbocycles. The van der Waals surface area contributed by atoms with Crippen molar-refractivity contribution in [3.63, 3.8) is 0 Å². The fraction of sp³-hybridized carbons (Fsp3) is 0.360. The SMILES string of the molecule is CCN=C=O.CCNC(=O)OC1=C(c2cc(-c3cccc(C(F)(F)F)c3)ccc2C)C(=O)OC12CCCC2.Cc1ccc(-c2cccc(F)c2)cc1C1=C(O)C2(CCCC2)OC1=O.FCF. The third-order valence-electron chi connectivity index (χ3n) is 11.5. The molecule has 2 aliphatic carbocycles. The second-order valence-electron chi connectivity index (χ2n) is 15.8. The molecule has 4 aromatic rings. The number of halogens is 6. The number of isocyanates is 1. The van der Waals surface area contributed by atoms with Crippen molar-refractivity contribution in [3.05, 3.63) is 130 Å². The van der Waals surface area contributed by atoms with E-state index in [4.69, 9.17) is 19.0 Å². The zero-order chi connectivity index (χ0) is 48.2. The van der Waals surface area contributed by atoms with Gasteiger partial charge in [-0.25, -0.2) is 37.3 Å². The average Bonchev–Trinajstić information content (AvgIpc) is 4.06. The molecule has 1 amide bonds. The van der Waals surface area contributed by atoms with Crippen LogP contribution in [0, 0.1) is 19.7 Å². The van der Waals surface area contributed by atoms with Crippen LogP contribution < -0.4 is 5.32 Å². The number of ether oxygens (including phenoxy) is 3. The van der Waals surface area contributed by atoms with Gasteiger partial charge in [-0.1, -0.05) is 48.5 Å². The Balaban J connectivity index is 0.000000218. The number of rotatable bonds is 7. The van der Waals surface area contributed by atoms with E-state index in [1.807, 2.05) is 31.2 Å². The highest BCUT2D eigenvalue weighted by atomic mass is 19.4. The number of esters is 2. The van der Waals surface area contributed by atoms with Crippen LogP contribution in [0.3, 0.4) is 0 Å². The minimum Gasteiger partial charge on any atom is -0.507 e. The van der Waals surface area contributed by atoms with Crippen molar-refractivity contribution < 1.29 is 64.8 Å². The highest BCUT2D eigenvalue weighted by Crippen LogP contribution is 2.50. The lowest BCUT2D eigenvalue weighted by Gasteiger charge is -2.24. The first-order chi connectivity index (χ1) is 31.5. The van der Waals surface area contributed by atoms with Gasteiger partial charge >= 0.3 is 24.2 Å². The number of hydrogen-bond donors (Lipinski definition) is 2. The molecule has 2 N–H and O–H groups in total. The van der Waals surface area contributed by atoms with Gasteiger partial charge in [-0.15, -0.1) is 0 Å². The van der Waals surface area contributed by atoms with E-state index in [1.54, 1.807) is 51.1 Å². The molecule has 66 heavy (non-hydrogen) atoms. The van der Waals surface area contributed by atoms with Crippen LogP contribution in [0.1, 0.15) is 93.0 Å². The first-order valence-electron chi connectivity index (χ1n) is 21.4.